The van der Waals surface area contributed by atoms with Gasteiger partial charge < -0.3 is 25.0 Å². The Bertz CT molecular complexity index is 678. The van der Waals surface area contributed by atoms with Gasteiger partial charge in [0.05, 0.1) is 24.9 Å². The van der Waals surface area contributed by atoms with E-state index >= 15 is 0 Å². The van der Waals surface area contributed by atoms with Crippen LogP contribution in [0, 0.1) is 0 Å². The van der Waals surface area contributed by atoms with Gasteiger partial charge in [0.1, 0.15) is 11.5 Å². The van der Waals surface area contributed by atoms with Crippen molar-refractivity contribution < 1.29 is 9.47 Å². The minimum atomic E-state index is 0.796. The first-order valence-corrected chi connectivity index (χ1v) is 8.49. The summed E-state index contributed by atoms with van der Waals surface area (Å²) in [5.74, 6) is 1.72. The molecule has 2 N–H and O–H groups in total. The molecule has 0 spiro atoms. The van der Waals surface area contributed by atoms with Gasteiger partial charge in [0.25, 0.3) is 0 Å². The van der Waals surface area contributed by atoms with Gasteiger partial charge in [-0.3, -0.25) is 0 Å². The Hall–Kier alpha value is -1.92. The number of likely N-dealkylation sites (N-methyl/N-ethyl adjacent to an activating group) is 1. The van der Waals surface area contributed by atoms with E-state index in [9.17, 15) is 0 Å². The van der Waals surface area contributed by atoms with Gasteiger partial charge >= 0.3 is 0 Å². The zero-order valence-corrected chi connectivity index (χ0v) is 14.7. The van der Waals surface area contributed by atoms with E-state index in [0.29, 0.717) is 0 Å². The number of nitrogens with zero attached hydrogens (tertiary/aromatic N) is 2. The first-order valence-electron chi connectivity index (χ1n) is 7.67. The van der Waals surface area contributed by atoms with Crippen LogP contribution in [0.15, 0.2) is 24.3 Å². The summed E-state index contributed by atoms with van der Waals surface area (Å²) < 4.78 is 11.3. The van der Waals surface area contributed by atoms with Crippen molar-refractivity contribution in [3.8, 4) is 21.9 Å². The summed E-state index contributed by atoms with van der Waals surface area (Å²) in [6.45, 7) is 4.08. The molecule has 23 heavy (non-hydrogen) atoms. The molecule has 5 nitrogen and oxygen atoms in total. The highest BCUT2D eigenvalue weighted by atomic mass is 32.1. The highest BCUT2D eigenvalue weighted by Crippen LogP contribution is 2.43. The quantitative estimate of drug-likeness (QED) is 0.932. The van der Waals surface area contributed by atoms with E-state index in [2.05, 4.69) is 29.0 Å². The highest BCUT2D eigenvalue weighted by molar-refractivity contribution is 7.19. The molecule has 6 heteroatoms. The van der Waals surface area contributed by atoms with Crippen molar-refractivity contribution in [3.63, 3.8) is 0 Å². The average molecular weight is 333 g/mol. The number of benzene rings is 1. The number of piperazine rings is 1. The smallest absolute Gasteiger partial charge is 0.143 e. The monoisotopic (exact) mass is 333 g/mol. The number of nitrogen functional groups attached to an aromatic ring is 1. The maximum Gasteiger partial charge on any atom is 0.143 e. The van der Waals surface area contributed by atoms with E-state index in [4.69, 9.17) is 15.2 Å². The van der Waals surface area contributed by atoms with Crippen LogP contribution in [0.4, 0.5) is 10.7 Å². The van der Waals surface area contributed by atoms with Gasteiger partial charge in [-0.15, -0.1) is 11.3 Å². The van der Waals surface area contributed by atoms with Gasteiger partial charge in [-0.2, -0.15) is 0 Å². The molecule has 1 aromatic carbocycles. The molecule has 1 saturated heterocycles. The highest BCUT2D eigenvalue weighted by Gasteiger charge is 2.21. The second-order valence-corrected chi connectivity index (χ2v) is 6.83. The van der Waals surface area contributed by atoms with Crippen molar-refractivity contribution in [2.45, 2.75) is 0 Å². The number of hydrogen-bond acceptors (Lipinski definition) is 6. The molecule has 0 atom stereocenters. The van der Waals surface area contributed by atoms with Crippen LogP contribution >= 0.6 is 11.3 Å². The van der Waals surface area contributed by atoms with E-state index in [0.717, 1.165) is 58.8 Å². The molecule has 0 bridgehead atoms. The summed E-state index contributed by atoms with van der Waals surface area (Å²) in [5.41, 5.74) is 7.98. The maximum absolute atomic E-state index is 5.87. The minimum absolute atomic E-state index is 0.796. The van der Waals surface area contributed by atoms with Gasteiger partial charge in [-0.25, -0.2) is 0 Å². The van der Waals surface area contributed by atoms with Crippen molar-refractivity contribution in [3.05, 3.63) is 24.3 Å². The minimum Gasteiger partial charge on any atom is -0.496 e. The summed E-state index contributed by atoms with van der Waals surface area (Å²) >= 11 is 1.55. The largest absolute Gasteiger partial charge is 0.496 e. The second-order valence-electron chi connectivity index (χ2n) is 5.72. The lowest BCUT2D eigenvalue weighted by atomic mass is 10.1. The lowest BCUT2D eigenvalue weighted by Crippen LogP contribution is -2.44. The fraction of sp³-hybridized carbons (Fsp3) is 0.412. The van der Waals surface area contributed by atoms with E-state index in [-0.39, 0.29) is 0 Å². The number of methoxy groups -OCH3 is 2. The average Bonchev–Trinajstić information content (AvgIpc) is 3.00. The van der Waals surface area contributed by atoms with Gasteiger partial charge in [0.15, 0.2) is 0 Å². The first-order chi connectivity index (χ1) is 11.1. The van der Waals surface area contributed by atoms with Crippen LogP contribution in [0.25, 0.3) is 10.4 Å². The Balaban J connectivity index is 2.01. The zero-order chi connectivity index (χ0) is 16.4. The van der Waals surface area contributed by atoms with E-state index in [1.807, 2.05) is 12.1 Å². The predicted molar refractivity (Wildman–Crippen MR) is 97.0 cm³/mol. The van der Waals surface area contributed by atoms with Crippen LogP contribution in [-0.4, -0.2) is 52.3 Å². The van der Waals surface area contributed by atoms with Gasteiger partial charge in [0, 0.05) is 42.7 Å². The molecule has 0 radical (unpaired) electrons. The molecule has 1 aliphatic heterocycles. The molecule has 0 unspecified atom stereocenters. The van der Waals surface area contributed by atoms with Crippen molar-refractivity contribution >= 4 is 22.0 Å². The second kappa shape index (κ2) is 6.68. The number of thiophene rings is 1. The Morgan fingerprint density at radius 3 is 2.26 bits per heavy atom. The molecule has 2 heterocycles. The lowest BCUT2D eigenvalue weighted by molar-refractivity contribution is 0.310. The molecule has 1 fully saturated rings. The third kappa shape index (κ3) is 3.23. The van der Waals surface area contributed by atoms with Crippen molar-refractivity contribution in [2.24, 2.45) is 0 Å². The SMILES string of the molecule is COc1cc(N2CCN(C)CC2)c(OC)cc1-c1ccc(N)s1. The lowest BCUT2D eigenvalue weighted by Gasteiger charge is -2.35. The summed E-state index contributed by atoms with van der Waals surface area (Å²) in [5, 5.41) is 0.796. The van der Waals surface area contributed by atoms with E-state index in [1.54, 1.807) is 25.6 Å². The number of nitrogens with two attached hydrogens (primary N) is 1. The number of hydrogen-bond donors (Lipinski definition) is 1. The summed E-state index contributed by atoms with van der Waals surface area (Å²) in [4.78, 5) is 5.78. The van der Waals surface area contributed by atoms with Gasteiger partial charge in [-0.1, -0.05) is 0 Å². The topological polar surface area (TPSA) is 51.0 Å². The van der Waals surface area contributed by atoms with Gasteiger partial charge in [-0.05, 0) is 25.2 Å². The molecular formula is C17H23N3O2S. The molecule has 2 aromatic rings. The number of rotatable bonds is 4. The molecule has 1 aromatic heterocycles. The fourth-order valence-electron chi connectivity index (χ4n) is 2.87. The van der Waals surface area contributed by atoms with Crippen molar-refractivity contribution in [1.82, 2.24) is 4.90 Å². The maximum atomic E-state index is 5.87. The van der Waals surface area contributed by atoms with Crippen LogP contribution < -0.4 is 20.1 Å². The Morgan fingerprint density at radius 2 is 1.70 bits per heavy atom. The van der Waals surface area contributed by atoms with E-state index in [1.165, 1.54) is 0 Å². The summed E-state index contributed by atoms with van der Waals surface area (Å²) in [6, 6.07) is 8.07. The standard InChI is InChI=1S/C17H23N3O2S/c1-19-6-8-20(9-7-19)13-11-14(21-2)12(10-15(13)22-3)16-4-5-17(18)23-16/h4-5,10-11H,6-9,18H2,1-3H3. The van der Waals surface area contributed by atoms with Crippen molar-refractivity contribution in [2.75, 3.05) is 58.1 Å². The van der Waals surface area contributed by atoms with Crippen LogP contribution in [-0.2, 0) is 0 Å². The Labute approximate surface area is 141 Å². The van der Waals surface area contributed by atoms with Crippen LogP contribution in [0.2, 0.25) is 0 Å². The van der Waals surface area contributed by atoms with E-state index < -0.39 is 0 Å². The van der Waals surface area contributed by atoms with Crippen LogP contribution in [0.5, 0.6) is 11.5 Å². The summed E-state index contributed by atoms with van der Waals surface area (Å²) in [6.07, 6.45) is 0. The Morgan fingerprint density at radius 1 is 1.00 bits per heavy atom. The third-order valence-corrected chi connectivity index (χ3v) is 5.18. The molecule has 0 amide bonds. The van der Waals surface area contributed by atoms with Gasteiger partial charge in [0.2, 0.25) is 0 Å². The number of ether oxygens (including phenoxy) is 2. The molecule has 3 rings (SSSR count). The van der Waals surface area contributed by atoms with Crippen molar-refractivity contribution in [1.29, 1.82) is 0 Å². The molecule has 124 valence electrons. The van der Waals surface area contributed by atoms with Crippen LogP contribution in [0.1, 0.15) is 0 Å². The molecule has 1 aliphatic rings. The normalized spacial score (nSPS) is 15.7. The fourth-order valence-corrected chi connectivity index (χ4v) is 3.66. The first kappa shape index (κ1) is 16.0. The molecule has 0 saturated carbocycles. The predicted octanol–water partition coefficient (Wildman–Crippen LogP) is 2.77. The number of anilines is 2. The van der Waals surface area contributed by atoms with Crippen LogP contribution in [0.3, 0.4) is 0 Å². The summed E-state index contributed by atoms with van der Waals surface area (Å²) in [7, 11) is 5.57. The third-order valence-electron chi connectivity index (χ3n) is 4.24. The molecule has 0 aliphatic carbocycles. The Kier molecular flexibility index (Phi) is 4.63. The molecular weight excluding hydrogens is 310 g/mol. The zero-order valence-electron chi connectivity index (χ0n) is 13.8.